The second-order valence-electron chi connectivity index (χ2n) is 4.17. The van der Waals surface area contributed by atoms with Crippen LogP contribution >= 0.6 is 0 Å². The first-order chi connectivity index (χ1) is 9.97. The van der Waals surface area contributed by atoms with Crippen LogP contribution in [0.4, 0.5) is 23.0 Å². The van der Waals surface area contributed by atoms with Gasteiger partial charge in [0.15, 0.2) is 11.6 Å². The number of nitrogens with zero attached hydrogens (tertiary/aromatic N) is 3. The number of amides is 1. The van der Waals surface area contributed by atoms with Crippen LogP contribution in [0.25, 0.3) is 0 Å². The summed E-state index contributed by atoms with van der Waals surface area (Å²) in [6, 6.07) is 5.80. The summed E-state index contributed by atoms with van der Waals surface area (Å²) in [6.07, 6.45) is 1.12. The third-order valence-electron chi connectivity index (χ3n) is 2.66. The highest BCUT2D eigenvalue weighted by Crippen LogP contribution is 2.21. The van der Waals surface area contributed by atoms with Crippen molar-refractivity contribution in [2.75, 3.05) is 16.8 Å². The van der Waals surface area contributed by atoms with Crippen LogP contribution in [0, 0.1) is 10.1 Å². The van der Waals surface area contributed by atoms with Crippen molar-refractivity contribution in [3.05, 3.63) is 46.3 Å². The van der Waals surface area contributed by atoms with Crippen molar-refractivity contribution in [3.63, 3.8) is 0 Å². The normalized spacial score (nSPS) is 10.1. The van der Waals surface area contributed by atoms with Gasteiger partial charge in [-0.1, -0.05) is 12.1 Å². The molecule has 0 aliphatic carbocycles. The van der Waals surface area contributed by atoms with Crippen LogP contribution < -0.4 is 16.8 Å². The molecule has 0 saturated heterocycles. The average molecular weight is 288 g/mol. The second kappa shape index (κ2) is 5.82. The van der Waals surface area contributed by atoms with E-state index in [1.807, 2.05) is 0 Å². The first-order valence-corrected chi connectivity index (χ1v) is 5.86. The van der Waals surface area contributed by atoms with E-state index < -0.39 is 10.8 Å². The number of nitrogens with one attached hydrogen (secondary N) is 1. The molecule has 1 aromatic carbocycles. The minimum atomic E-state index is -0.525. The first-order valence-electron chi connectivity index (χ1n) is 5.86. The molecule has 21 heavy (non-hydrogen) atoms. The molecule has 9 nitrogen and oxygen atoms in total. The number of nitro groups is 1. The number of carbonyl (C=O) groups is 1. The average Bonchev–Trinajstić information content (AvgIpc) is 2.43. The van der Waals surface area contributed by atoms with E-state index >= 15 is 0 Å². The zero-order valence-corrected chi connectivity index (χ0v) is 10.8. The number of carbonyl (C=O) groups excluding carboxylic acids is 1. The van der Waals surface area contributed by atoms with Crippen molar-refractivity contribution in [3.8, 4) is 0 Å². The second-order valence-corrected chi connectivity index (χ2v) is 4.17. The number of benzene rings is 1. The molecule has 0 atom stereocenters. The zero-order chi connectivity index (χ0) is 15.4. The number of hydrogen-bond donors (Lipinski definition) is 3. The van der Waals surface area contributed by atoms with Crippen molar-refractivity contribution >= 4 is 28.9 Å². The third-order valence-corrected chi connectivity index (χ3v) is 2.66. The van der Waals surface area contributed by atoms with Crippen LogP contribution in [-0.4, -0.2) is 20.8 Å². The Kier molecular flexibility index (Phi) is 3.93. The van der Waals surface area contributed by atoms with E-state index in [9.17, 15) is 14.9 Å². The zero-order valence-electron chi connectivity index (χ0n) is 10.8. The van der Waals surface area contributed by atoms with E-state index in [1.54, 1.807) is 6.07 Å². The van der Waals surface area contributed by atoms with Crippen molar-refractivity contribution in [2.45, 2.75) is 6.42 Å². The summed E-state index contributed by atoms with van der Waals surface area (Å²) in [4.78, 5) is 29.5. The Morgan fingerprint density at radius 1 is 1.29 bits per heavy atom. The summed E-state index contributed by atoms with van der Waals surface area (Å²) in [6.45, 7) is 0. The molecular weight excluding hydrogens is 276 g/mol. The van der Waals surface area contributed by atoms with Gasteiger partial charge in [0.2, 0.25) is 5.91 Å². The lowest BCUT2D eigenvalue weighted by molar-refractivity contribution is -0.384. The summed E-state index contributed by atoms with van der Waals surface area (Å²) < 4.78 is 0. The predicted molar refractivity (Wildman–Crippen MR) is 76.3 cm³/mol. The smallest absolute Gasteiger partial charge is 0.269 e. The van der Waals surface area contributed by atoms with Gasteiger partial charge in [0.05, 0.1) is 11.3 Å². The number of nitrogen functional groups attached to an aromatic ring is 2. The van der Waals surface area contributed by atoms with E-state index in [1.165, 1.54) is 24.5 Å². The molecular formula is C12H12N6O3. The number of aromatic nitrogens is 2. The van der Waals surface area contributed by atoms with Crippen LogP contribution in [0.1, 0.15) is 5.56 Å². The molecule has 0 bridgehead atoms. The minimum absolute atomic E-state index is 0.0508. The molecule has 0 unspecified atom stereocenters. The molecule has 1 amide bonds. The van der Waals surface area contributed by atoms with Gasteiger partial charge in [0.25, 0.3) is 5.69 Å². The number of anilines is 3. The highest BCUT2D eigenvalue weighted by Gasteiger charge is 2.12. The van der Waals surface area contributed by atoms with Gasteiger partial charge in [-0.25, -0.2) is 9.97 Å². The highest BCUT2D eigenvalue weighted by atomic mass is 16.6. The Hall–Kier alpha value is -3.23. The Morgan fingerprint density at radius 2 is 1.95 bits per heavy atom. The summed E-state index contributed by atoms with van der Waals surface area (Å²) in [5.41, 5.74) is 11.7. The van der Waals surface area contributed by atoms with E-state index in [-0.39, 0.29) is 29.4 Å². The quantitative estimate of drug-likeness (QED) is 0.554. The lowest BCUT2D eigenvalue weighted by atomic mass is 10.1. The number of rotatable bonds is 4. The van der Waals surface area contributed by atoms with Crippen LogP contribution in [-0.2, 0) is 11.2 Å². The third kappa shape index (κ3) is 3.41. The fourth-order valence-corrected chi connectivity index (χ4v) is 1.69. The van der Waals surface area contributed by atoms with Crippen LogP contribution in [0.5, 0.6) is 0 Å². The van der Waals surface area contributed by atoms with E-state index in [4.69, 9.17) is 11.5 Å². The molecule has 0 aliphatic rings. The van der Waals surface area contributed by atoms with Gasteiger partial charge < -0.3 is 16.8 Å². The maximum atomic E-state index is 11.9. The lowest BCUT2D eigenvalue weighted by Crippen LogP contribution is -2.17. The van der Waals surface area contributed by atoms with Crippen molar-refractivity contribution < 1.29 is 9.72 Å². The Labute approximate surface area is 119 Å². The monoisotopic (exact) mass is 288 g/mol. The van der Waals surface area contributed by atoms with Gasteiger partial charge >= 0.3 is 0 Å². The minimum Gasteiger partial charge on any atom is -0.382 e. The summed E-state index contributed by atoms with van der Waals surface area (Å²) in [5, 5.41) is 13.2. The van der Waals surface area contributed by atoms with E-state index in [2.05, 4.69) is 15.3 Å². The SMILES string of the molecule is Nc1ncnc(N)c1NC(=O)Cc1cccc([N+](=O)[O-])c1. The Bertz CT molecular complexity index is 683. The molecule has 0 aliphatic heterocycles. The van der Waals surface area contributed by atoms with Crippen LogP contribution in [0.15, 0.2) is 30.6 Å². The fourth-order valence-electron chi connectivity index (χ4n) is 1.69. The molecule has 0 fully saturated rings. The number of hydrogen-bond acceptors (Lipinski definition) is 7. The van der Waals surface area contributed by atoms with Crippen molar-refractivity contribution in [1.82, 2.24) is 9.97 Å². The number of nitro benzene ring substituents is 1. The standard InChI is InChI=1S/C12H12N6O3/c13-11-10(12(14)16-6-15-11)17-9(19)5-7-2-1-3-8(4-7)18(20)21/h1-4,6H,5H2,(H,17,19)(H4,13,14,15,16). The maximum absolute atomic E-state index is 11.9. The van der Waals surface area contributed by atoms with Crippen LogP contribution in [0.3, 0.4) is 0 Å². The molecule has 0 saturated carbocycles. The number of nitrogens with two attached hydrogens (primary N) is 2. The summed E-state index contributed by atoms with van der Waals surface area (Å²) >= 11 is 0. The lowest BCUT2D eigenvalue weighted by Gasteiger charge is -2.09. The van der Waals surface area contributed by atoms with E-state index in [0.717, 1.165) is 0 Å². The van der Waals surface area contributed by atoms with Gasteiger partial charge in [0, 0.05) is 12.1 Å². The van der Waals surface area contributed by atoms with Gasteiger partial charge in [-0.3, -0.25) is 14.9 Å². The van der Waals surface area contributed by atoms with Gasteiger partial charge in [-0.2, -0.15) is 0 Å². The van der Waals surface area contributed by atoms with Gasteiger partial charge in [-0.15, -0.1) is 0 Å². The Morgan fingerprint density at radius 3 is 2.57 bits per heavy atom. The van der Waals surface area contributed by atoms with Gasteiger partial charge in [-0.05, 0) is 5.56 Å². The van der Waals surface area contributed by atoms with Crippen LogP contribution in [0.2, 0.25) is 0 Å². The first kappa shape index (κ1) is 14.2. The molecule has 5 N–H and O–H groups in total. The van der Waals surface area contributed by atoms with Crippen molar-refractivity contribution in [1.29, 1.82) is 0 Å². The molecule has 2 aromatic rings. The number of non-ortho nitro benzene ring substituents is 1. The topological polar surface area (TPSA) is 150 Å². The molecule has 1 aromatic heterocycles. The molecule has 1 heterocycles. The summed E-state index contributed by atoms with van der Waals surface area (Å²) in [5.74, 6) is -0.325. The maximum Gasteiger partial charge on any atom is 0.269 e. The van der Waals surface area contributed by atoms with Gasteiger partial charge in [0.1, 0.15) is 12.0 Å². The Balaban J connectivity index is 2.12. The molecule has 9 heteroatoms. The van der Waals surface area contributed by atoms with Crippen molar-refractivity contribution in [2.24, 2.45) is 0 Å². The molecule has 0 spiro atoms. The van der Waals surface area contributed by atoms with E-state index in [0.29, 0.717) is 5.56 Å². The fraction of sp³-hybridized carbons (Fsp3) is 0.0833. The molecule has 2 rings (SSSR count). The molecule has 0 radical (unpaired) electrons. The largest absolute Gasteiger partial charge is 0.382 e. The predicted octanol–water partition coefficient (Wildman–Crippen LogP) is 0.730. The highest BCUT2D eigenvalue weighted by molar-refractivity contribution is 5.97. The summed E-state index contributed by atoms with van der Waals surface area (Å²) in [7, 11) is 0. The molecule has 108 valence electrons.